The highest BCUT2D eigenvalue weighted by molar-refractivity contribution is 5.97. The summed E-state index contributed by atoms with van der Waals surface area (Å²) in [5.74, 6) is -0.374. The van der Waals surface area contributed by atoms with Crippen LogP contribution in [-0.2, 0) is 11.8 Å². The number of ether oxygens (including phenoxy) is 1. The summed E-state index contributed by atoms with van der Waals surface area (Å²) >= 11 is 0. The molecule has 5 rings (SSSR count). The summed E-state index contributed by atoms with van der Waals surface area (Å²) in [6.07, 6.45) is 4.21. The van der Waals surface area contributed by atoms with Gasteiger partial charge in [-0.1, -0.05) is 0 Å². The minimum Gasteiger partial charge on any atom is -0.488 e. The fourth-order valence-electron chi connectivity index (χ4n) is 4.14. The second-order valence-corrected chi connectivity index (χ2v) is 7.56. The Morgan fingerprint density at radius 1 is 1.26 bits per heavy atom. The van der Waals surface area contributed by atoms with E-state index in [0.29, 0.717) is 55.3 Å². The maximum atomic E-state index is 12.9. The van der Waals surface area contributed by atoms with Crippen LogP contribution >= 0.6 is 0 Å². The summed E-state index contributed by atoms with van der Waals surface area (Å²) in [7, 11) is 1.59. The third kappa shape index (κ3) is 3.09. The van der Waals surface area contributed by atoms with Gasteiger partial charge in [-0.05, 0) is 25.0 Å². The van der Waals surface area contributed by atoms with Crippen molar-refractivity contribution >= 4 is 29.0 Å². The van der Waals surface area contributed by atoms with Crippen LogP contribution < -0.4 is 15.3 Å². The van der Waals surface area contributed by atoms with Crippen LogP contribution in [0.4, 0.5) is 11.5 Å². The van der Waals surface area contributed by atoms with Crippen LogP contribution in [0.25, 0.3) is 5.65 Å². The number of aliphatic carboxylic acids is 1. The molecule has 31 heavy (non-hydrogen) atoms. The molecule has 0 aliphatic carbocycles. The fourth-order valence-corrected chi connectivity index (χ4v) is 4.14. The topological polar surface area (TPSA) is 122 Å². The Morgan fingerprint density at radius 2 is 2.10 bits per heavy atom. The molecular formula is C20H20N6O5. The van der Waals surface area contributed by atoms with Crippen molar-refractivity contribution in [1.82, 2.24) is 24.1 Å². The predicted molar refractivity (Wildman–Crippen MR) is 109 cm³/mol. The minimum absolute atomic E-state index is 0.230. The van der Waals surface area contributed by atoms with E-state index < -0.39 is 12.0 Å². The molecule has 160 valence electrons. The lowest BCUT2D eigenvalue weighted by molar-refractivity contribution is -0.141. The highest BCUT2D eigenvalue weighted by Gasteiger charge is 2.35. The Morgan fingerprint density at radius 3 is 2.90 bits per heavy atom. The molecule has 2 aliphatic heterocycles. The first-order chi connectivity index (χ1) is 14.9. The van der Waals surface area contributed by atoms with Gasteiger partial charge in [0.15, 0.2) is 17.2 Å². The summed E-state index contributed by atoms with van der Waals surface area (Å²) in [5.41, 5.74) is 1.37. The van der Waals surface area contributed by atoms with Crippen molar-refractivity contribution in [3.8, 4) is 5.75 Å². The second kappa shape index (κ2) is 7.11. The first-order valence-electron chi connectivity index (χ1n) is 9.93. The largest absolute Gasteiger partial charge is 0.488 e. The summed E-state index contributed by atoms with van der Waals surface area (Å²) in [6, 6.07) is 4.39. The molecule has 0 bridgehead atoms. The Bertz CT molecular complexity index is 1260. The number of pyridine rings is 2. The molecule has 3 aromatic rings. The third-order valence-corrected chi connectivity index (χ3v) is 5.67. The van der Waals surface area contributed by atoms with Gasteiger partial charge in [0, 0.05) is 37.7 Å². The van der Waals surface area contributed by atoms with Gasteiger partial charge < -0.3 is 19.6 Å². The zero-order valence-corrected chi connectivity index (χ0v) is 16.8. The second-order valence-electron chi connectivity index (χ2n) is 7.56. The number of aromatic nitrogens is 4. The van der Waals surface area contributed by atoms with Crippen LogP contribution in [0.5, 0.6) is 5.75 Å². The van der Waals surface area contributed by atoms with Crippen LogP contribution in [0.15, 0.2) is 35.4 Å². The Labute approximate surface area is 176 Å². The summed E-state index contributed by atoms with van der Waals surface area (Å²) < 4.78 is 8.47. The SMILES string of the molecule is Cn1nc2cc(N3CCOc4cc(C(=O)N5CCC[C@H]5C(=O)O)cnc43)ccn2c1=O. The lowest BCUT2D eigenvalue weighted by Gasteiger charge is -2.30. The molecule has 0 spiro atoms. The summed E-state index contributed by atoms with van der Waals surface area (Å²) in [5, 5.41) is 13.6. The molecule has 0 radical (unpaired) electrons. The Hall–Kier alpha value is -3.89. The zero-order valence-electron chi connectivity index (χ0n) is 16.8. The van der Waals surface area contributed by atoms with Crippen molar-refractivity contribution in [2.75, 3.05) is 24.6 Å². The van der Waals surface area contributed by atoms with Crippen molar-refractivity contribution in [2.24, 2.45) is 7.05 Å². The van der Waals surface area contributed by atoms with E-state index in [1.54, 1.807) is 31.4 Å². The van der Waals surface area contributed by atoms with Gasteiger partial charge in [0.2, 0.25) is 0 Å². The lowest BCUT2D eigenvalue weighted by atomic mass is 10.2. The van der Waals surface area contributed by atoms with Gasteiger partial charge in [-0.25, -0.2) is 19.3 Å². The van der Waals surface area contributed by atoms with E-state index in [9.17, 15) is 19.5 Å². The van der Waals surface area contributed by atoms with Crippen molar-refractivity contribution in [1.29, 1.82) is 0 Å². The van der Waals surface area contributed by atoms with Crippen LogP contribution in [-0.4, -0.2) is 66.8 Å². The van der Waals surface area contributed by atoms with Gasteiger partial charge >= 0.3 is 11.7 Å². The molecule has 3 aromatic heterocycles. The first-order valence-corrected chi connectivity index (χ1v) is 9.93. The van der Waals surface area contributed by atoms with Gasteiger partial charge in [0.1, 0.15) is 12.6 Å². The Kier molecular flexibility index (Phi) is 4.38. The number of hydrogen-bond acceptors (Lipinski definition) is 7. The normalized spacial score (nSPS) is 18.2. The number of likely N-dealkylation sites (tertiary alicyclic amines) is 1. The number of carboxylic acids is 1. The van der Waals surface area contributed by atoms with Crippen molar-refractivity contribution < 1.29 is 19.4 Å². The number of anilines is 2. The molecule has 0 aromatic carbocycles. The molecule has 2 aliphatic rings. The molecule has 0 unspecified atom stereocenters. The van der Waals surface area contributed by atoms with Gasteiger partial charge in [-0.15, -0.1) is 0 Å². The highest BCUT2D eigenvalue weighted by atomic mass is 16.5. The fraction of sp³-hybridized carbons (Fsp3) is 0.350. The molecule has 1 atom stereocenters. The molecule has 1 N–H and O–H groups in total. The number of carbonyl (C=O) groups is 2. The smallest absolute Gasteiger partial charge is 0.350 e. The van der Waals surface area contributed by atoms with E-state index in [4.69, 9.17) is 4.74 Å². The molecular weight excluding hydrogens is 404 g/mol. The summed E-state index contributed by atoms with van der Waals surface area (Å²) in [6.45, 7) is 1.32. The number of aryl methyl sites for hydroxylation is 1. The monoisotopic (exact) mass is 424 g/mol. The van der Waals surface area contributed by atoms with Gasteiger partial charge in [-0.2, -0.15) is 5.10 Å². The molecule has 1 saturated heterocycles. The number of nitrogens with zero attached hydrogens (tertiary/aromatic N) is 6. The molecule has 1 amide bonds. The predicted octanol–water partition coefficient (Wildman–Crippen LogP) is 0.648. The average molecular weight is 424 g/mol. The lowest BCUT2D eigenvalue weighted by Crippen LogP contribution is -2.40. The molecule has 11 nitrogen and oxygen atoms in total. The van der Waals surface area contributed by atoms with E-state index in [-0.39, 0.29) is 11.6 Å². The van der Waals surface area contributed by atoms with Crippen molar-refractivity contribution in [3.63, 3.8) is 0 Å². The molecule has 5 heterocycles. The first kappa shape index (κ1) is 19.1. The summed E-state index contributed by atoms with van der Waals surface area (Å²) in [4.78, 5) is 44.1. The van der Waals surface area contributed by atoms with Crippen LogP contribution in [0, 0.1) is 0 Å². The number of carbonyl (C=O) groups excluding carboxylic acids is 1. The minimum atomic E-state index is -0.997. The van der Waals surface area contributed by atoms with E-state index in [2.05, 4.69) is 10.1 Å². The third-order valence-electron chi connectivity index (χ3n) is 5.67. The van der Waals surface area contributed by atoms with E-state index in [1.165, 1.54) is 20.2 Å². The standard InChI is InChI=1S/C20H20N6O5/c1-23-20(30)26-6-4-13(10-16(26)22-23)24-7-8-31-15-9-12(11-21-17(15)24)18(27)25-5-2-3-14(25)19(28)29/h4,6,9-11,14H,2-3,5,7-8H2,1H3,(H,28,29)/t14-/m0/s1. The number of carboxylic acid groups (broad SMARTS) is 1. The van der Waals surface area contributed by atoms with Crippen molar-refractivity contribution in [3.05, 3.63) is 46.6 Å². The molecule has 11 heteroatoms. The van der Waals surface area contributed by atoms with Crippen LogP contribution in [0.3, 0.4) is 0 Å². The van der Waals surface area contributed by atoms with Gasteiger partial charge in [0.05, 0.1) is 12.1 Å². The molecule has 1 fully saturated rings. The number of amides is 1. The number of hydrogen-bond donors (Lipinski definition) is 1. The number of fused-ring (bicyclic) bond motifs is 2. The zero-order chi connectivity index (χ0) is 21.7. The van der Waals surface area contributed by atoms with Crippen molar-refractivity contribution in [2.45, 2.75) is 18.9 Å². The van der Waals surface area contributed by atoms with E-state index in [1.807, 2.05) is 4.90 Å². The van der Waals surface area contributed by atoms with E-state index in [0.717, 1.165) is 5.69 Å². The van der Waals surface area contributed by atoms with Gasteiger partial charge in [0.25, 0.3) is 5.91 Å². The number of rotatable bonds is 3. The highest BCUT2D eigenvalue weighted by Crippen LogP contribution is 2.36. The van der Waals surface area contributed by atoms with Crippen LogP contribution in [0.2, 0.25) is 0 Å². The quantitative estimate of drug-likeness (QED) is 0.650. The van der Waals surface area contributed by atoms with Gasteiger partial charge in [-0.3, -0.25) is 9.20 Å². The van der Waals surface area contributed by atoms with E-state index >= 15 is 0 Å². The van der Waals surface area contributed by atoms with Crippen LogP contribution in [0.1, 0.15) is 23.2 Å². The average Bonchev–Trinajstić information content (AvgIpc) is 3.37. The molecule has 0 saturated carbocycles. The maximum absolute atomic E-state index is 12.9. The Balaban J connectivity index is 1.47. The maximum Gasteiger partial charge on any atom is 0.350 e.